The molecule has 2 aliphatic heterocycles. The molecule has 0 radical (unpaired) electrons. The van der Waals surface area contributed by atoms with Gasteiger partial charge in [0.25, 0.3) is 5.91 Å². The van der Waals surface area contributed by atoms with Gasteiger partial charge in [0.15, 0.2) is 0 Å². The number of fused-ring (bicyclic) bond motifs is 1. The van der Waals surface area contributed by atoms with Gasteiger partial charge in [-0.25, -0.2) is 4.39 Å². The highest BCUT2D eigenvalue weighted by molar-refractivity contribution is 6.33. The number of amides is 2. The van der Waals surface area contributed by atoms with E-state index in [9.17, 15) is 14.0 Å². The summed E-state index contributed by atoms with van der Waals surface area (Å²) in [5, 5.41) is 3.17. The number of benzene rings is 3. The lowest BCUT2D eigenvalue weighted by molar-refractivity contribution is -0.120. The molecule has 3 aromatic carbocycles. The molecule has 2 aliphatic rings. The van der Waals surface area contributed by atoms with Gasteiger partial charge in [0, 0.05) is 50.2 Å². The minimum Gasteiger partial charge on any atom is -0.497 e. The van der Waals surface area contributed by atoms with Crippen molar-refractivity contribution in [1.29, 1.82) is 0 Å². The SMILES string of the molecule is COc1ccc(CC(=O)NCCCc2cccc(N3CC4CN(C(=O)c5c(F)cccc5Cl)CC4C3)c2)cc1. The standard InChI is InChI=1S/C31H33ClFN3O3/c1-39-26-12-10-22(11-13-26)16-29(37)34-14-4-6-21-5-2-7-25(15-21)35-17-23-19-36(20-24(23)18-35)31(38)30-27(32)8-3-9-28(30)33/h2-3,5,7-13,15,23-24H,4,6,14,16-20H2,1H3,(H,34,37). The molecular formula is C31H33ClFN3O3. The van der Waals surface area contributed by atoms with Gasteiger partial charge in [0.1, 0.15) is 11.6 Å². The molecule has 39 heavy (non-hydrogen) atoms. The molecule has 5 rings (SSSR count). The van der Waals surface area contributed by atoms with Gasteiger partial charge in [-0.1, -0.05) is 41.9 Å². The summed E-state index contributed by atoms with van der Waals surface area (Å²) in [5.41, 5.74) is 3.35. The van der Waals surface area contributed by atoms with Crippen molar-refractivity contribution < 1.29 is 18.7 Å². The fourth-order valence-corrected chi connectivity index (χ4v) is 5.89. The Balaban J connectivity index is 1.08. The number of hydrogen-bond donors (Lipinski definition) is 1. The minimum atomic E-state index is -0.570. The van der Waals surface area contributed by atoms with Crippen LogP contribution in [-0.2, 0) is 17.6 Å². The zero-order valence-electron chi connectivity index (χ0n) is 22.0. The summed E-state index contributed by atoms with van der Waals surface area (Å²) in [6, 6.07) is 20.4. The van der Waals surface area contributed by atoms with E-state index in [0.29, 0.717) is 37.9 Å². The number of rotatable bonds is 9. The molecule has 0 spiro atoms. The maximum Gasteiger partial charge on any atom is 0.258 e. The van der Waals surface area contributed by atoms with Crippen molar-refractivity contribution in [2.45, 2.75) is 19.3 Å². The summed E-state index contributed by atoms with van der Waals surface area (Å²) in [6.07, 6.45) is 2.09. The van der Waals surface area contributed by atoms with Gasteiger partial charge >= 0.3 is 0 Å². The first-order valence-electron chi connectivity index (χ1n) is 13.4. The quantitative estimate of drug-likeness (QED) is 0.382. The zero-order valence-corrected chi connectivity index (χ0v) is 22.8. The summed E-state index contributed by atoms with van der Waals surface area (Å²) in [4.78, 5) is 29.4. The highest BCUT2D eigenvalue weighted by atomic mass is 35.5. The van der Waals surface area contributed by atoms with E-state index in [-0.39, 0.29) is 22.4 Å². The van der Waals surface area contributed by atoms with Crippen LogP contribution in [0, 0.1) is 17.7 Å². The van der Waals surface area contributed by atoms with Crippen LogP contribution in [0.2, 0.25) is 5.02 Å². The van der Waals surface area contributed by atoms with Gasteiger partial charge in [0.2, 0.25) is 5.91 Å². The highest BCUT2D eigenvalue weighted by Gasteiger charge is 2.42. The molecule has 8 heteroatoms. The van der Waals surface area contributed by atoms with E-state index in [2.05, 4.69) is 34.5 Å². The minimum absolute atomic E-state index is 0.0160. The first kappa shape index (κ1) is 27.0. The van der Waals surface area contributed by atoms with Crippen LogP contribution < -0.4 is 15.0 Å². The third kappa shape index (κ3) is 6.36. The van der Waals surface area contributed by atoms with Crippen molar-refractivity contribution in [3.63, 3.8) is 0 Å². The number of anilines is 1. The van der Waals surface area contributed by atoms with Crippen LogP contribution in [0.25, 0.3) is 0 Å². The Bertz CT molecular complexity index is 1300. The Labute approximate surface area is 233 Å². The molecular weight excluding hydrogens is 517 g/mol. The van der Waals surface area contributed by atoms with E-state index < -0.39 is 5.82 Å². The van der Waals surface area contributed by atoms with Crippen LogP contribution in [0.3, 0.4) is 0 Å². The summed E-state index contributed by atoms with van der Waals surface area (Å²) in [5.74, 6) is 0.605. The lowest BCUT2D eigenvalue weighted by Gasteiger charge is -2.24. The van der Waals surface area contributed by atoms with E-state index in [0.717, 1.165) is 37.2 Å². The number of methoxy groups -OCH3 is 1. The van der Waals surface area contributed by atoms with Gasteiger partial charge in [-0.15, -0.1) is 0 Å². The van der Waals surface area contributed by atoms with Crippen LogP contribution in [0.5, 0.6) is 5.75 Å². The molecule has 0 aromatic heterocycles. The van der Waals surface area contributed by atoms with Crippen LogP contribution in [-0.4, -0.2) is 56.5 Å². The van der Waals surface area contributed by atoms with Crippen LogP contribution in [0.1, 0.15) is 27.9 Å². The van der Waals surface area contributed by atoms with Crippen LogP contribution in [0.4, 0.5) is 10.1 Å². The number of nitrogens with zero attached hydrogens (tertiary/aromatic N) is 2. The van der Waals surface area contributed by atoms with Crippen LogP contribution >= 0.6 is 11.6 Å². The van der Waals surface area contributed by atoms with Gasteiger partial charge in [-0.05, 0) is 60.4 Å². The number of ether oxygens (including phenoxy) is 1. The Morgan fingerprint density at radius 3 is 2.38 bits per heavy atom. The van der Waals surface area contributed by atoms with Gasteiger partial charge < -0.3 is 19.9 Å². The average Bonchev–Trinajstić information content (AvgIpc) is 3.52. The van der Waals surface area contributed by atoms with Gasteiger partial charge in [-0.3, -0.25) is 9.59 Å². The molecule has 3 aromatic rings. The lowest BCUT2D eigenvalue weighted by Crippen LogP contribution is -2.34. The molecule has 0 aliphatic carbocycles. The summed E-state index contributed by atoms with van der Waals surface area (Å²) >= 11 is 6.12. The molecule has 0 bridgehead atoms. The Morgan fingerprint density at radius 1 is 0.974 bits per heavy atom. The average molecular weight is 550 g/mol. The Hall–Kier alpha value is -3.58. The number of carbonyl (C=O) groups is 2. The van der Waals surface area contributed by atoms with Crippen molar-refractivity contribution in [2.24, 2.45) is 11.8 Å². The lowest BCUT2D eigenvalue weighted by atomic mass is 10.0. The molecule has 6 nitrogen and oxygen atoms in total. The van der Waals surface area contributed by atoms with Crippen molar-refractivity contribution >= 4 is 29.1 Å². The second-order valence-corrected chi connectivity index (χ2v) is 10.8. The summed E-state index contributed by atoms with van der Waals surface area (Å²) in [6.45, 7) is 3.58. The fourth-order valence-electron chi connectivity index (χ4n) is 5.65. The van der Waals surface area contributed by atoms with Crippen LogP contribution in [0.15, 0.2) is 66.7 Å². The fraction of sp³-hybridized carbons (Fsp3) is 0.355. The third-order valence-electron chi connectivity index (χ3n) is 7.71. The number of aryl methyl sites for hydroxylation is 1. The van der Waals surface area contributed by atoms with E-state index in [1.165, 1.54) is 23.4 Å². The number of nitrogens with one attached hydrogen (secondary N) is 1. The second kappa shape index (κ2) is 12.1. The molecule has 0 saturated carbocycles. The smallest absolute Gasteiger partial charge is 0.258 e. The van der Waals surface area contributed by atoms with Gasteiger partial charge in [0.05, 0.1) is 24.1 Å². The highest BCUT2D eigenvalue weighted by Crippen LogP contribution is 2.35. The largest absolute Gasteiger partial charge is 0.497 e. The van der Waals surface area contributed by atoms with Crippen molar-refractivity contribution in [3.05, 3.63) is 94.3 Å². The first-order chi connectivity index (χ1) is 18.9. The number of carbonyl (C=O) groups excluding carboxylic acids is 2. The number of hydrogen-bond acceptors (Lipinski definition) is 4. The Morgan fingerprint density at radius 2 is 1.69 bits per heavy atom. The number of halogens is 2. The maximum absolute atomic E-state index is 14.3. The third-order valence-corrected chi connectivity index (χ3v) is 8.03. The molecule has 2 heterocycles. The normalized spacial score (nSPS) is 18.2. The van der Waals surface area contributed by atoms with Crippen molar-refractivity contribution in [1.82, 2.24) is 10.2 Å². The van der Waals surface area contributed by atoms with Crippen molar-refractivity contribution in [2.75, 3.05) is 44.7 Å². The molecule has 2 amide bonds. The molecule has 2 unspecified atom stereocenters. The number of likely N-dealkylation sites (tertiary alicyclic amines) is 1. The predicted molar refractivity (Wildman–Crippen MR) is 151 cm³/mol. The molecule has 2 atom stereocenters. The van der Waals surface area contributed by atoms with Crippen molar-refractivity contribution in [3.8, 4) is 5.75 Å². The molecule has 1 N–H and O–H groups in total. The Kier molecular flexibility index (Phi) is 8.36. The van der Waals surface area contributed by atoms with E-state index in [1.807, 2.05) is 24.3 Å². The molecule has 2 fully saturated rings. The summed E-state index contributed by atoms with van der Waals surface area (Å²) < 4.78 is 19.4. The zero-order chi connectivity index (χ0) is 27.4. The summed E-state index contributed by atoms with van der Waals surface area (Å²) in [7, 11) is 1.62. The monoisotopic (exact) mass is 549 g/mol. The molecule has 2 saturated heterocycles. The van der Waals surface area contributed by atoms with E-state index in [1.54, 1.807) is 18.1 Å². The predicted octanol–water partition coefficient (Wildman–Crippen LogP) is 4.99. The maximum atomic E-state index is 14.3. The van der Waals surface area contributed by atoms with E-state index in [4.69, 9.17) is 16.3 Å². The van der Waals surface area contributed by atoms with E-state index >= 15 is 0 Å². The first-order valence-corrected chi connectivity index (χ1v) is 13.8. The van der Waals surface area contributed by atoms with Gasteiger partial charge in [-0.2, -0.15) is 0 Å². The second-order valence-electron chi connectivity index (χ2n) is 10.4. The topological polar surface area (TPSA) is 61.9 Å². The molecule has 204 valence electrons.